The van der Waals surface area contributed by atoms with Crippen LogP contribution in [0.15, 0.2) is 48.6 Å². The number of carbonyl (C=O) groups is 2. The predicted molar refractivity (Wildman–Crippen MR) is 234 cm³/mol. The van der Waals surface area contributed by atoms with Gasteiger partial charge in [-0.3, -0.25) is 23.2 Å². The zero-order chi connectivity index (χ0) is 44.2. The van der Waals surface area contributed by atoms with Crippen molar-refractivity contribution >= 4 is 27.6 Å². The van der Waals surface area contributed by atoms with Crippen molar-refractivity contribution in [3.63, 3.8) is 0 Å². The lowest BCUT2D eigenvalue weighted by molar-refractivity contribution is -0.161. The third-order valence-electron chi connectivity index (χ3n) is 9.60. The largest absolute Gasteiger partial charge is 0.472 e. The first-order valence-corrected chi connectivity index (χ1v) is 25.5. The fourth-order valence-electron chi connectivity index (χ4n) is 6.08. The summed E-state index contributed by atoms with van der Waals surface area (Å²) in [5, 5.41) is 9.76. The Kier molecular flexibility index (Phi) is 34.1. The SMILES string of the molecule is CCCCC/C=C\C/C=C\C/C=C\CC1OC1CCCC(=O)O[C@H](COC(=O)CCCCCCCCC/C=C\CCCCCC)COP(=O)(O)OC[C@@H](O)COP(=O)(O)O. The summed E-state index contributed by atoms with van der Waals surface area (Å²) in [5.74, 6) is -1.11. The molecule has 0 amide bonds. The van der Waals surface area contributed by atoms with Crippen molar-refractivity contribution in [1.29, 1.82) is 0 Å². The average molecular weight is 893 g/mol. The van der Waals surface area contributed by atoms with Crippen molar-refractivity contribution in [2.45, 2.75) is 192 Å². The van der Waals surface area contributed by atoms with Crippen molar-refractivity contribution in [1.82, 2.24) is 0 Å². The average Bonchev–Trinajstić information content (AvgIpc) is 3.96. The van der Waals surface area contributed by atoms with Gasteiger partial charge in [0.2, 0.25) is 0 Å². The van der Waals surface area contributed by atoms with E-state index in [9.17, 15) is 28.7 Å². The smallest absolute Gasteiger partial charge is 0.462 e. The molecule has 0 aliphatic carbocycles. The number of allylic oxidation sites excluding steroid dienone is 7. The number of hydrogen-bond donors (Lipinski definition) is 4. The van der Waals surface area contributed by atoms with Crippen LogP contribution in [0.25, 0.3) is 0 Å². The topological polar surface area (TPSA) is 208 Å². The number of phosphoric acid groups is 2. The minimum absolute atomic E-state index is 0.0413. The second kappa shape index (κ2) is 36.5. The van der Waals surface area contributed by atoms with E-state index >= 15 is 0 Å². The summed E-state index contributed by atoms with van der Waals surface area (Å²) in [6.45, 7) is 1.63. The molecule has 4 N–H and O–H groups in total. The van der Waals surface area contributed by atoms with E-state index < -0.39 is 66.2 Å². The van der Waals surface area contributed by atoms with E-state index in [-0.39, 0.29) is 25.0 Å². The number of esters is 2. The van der Waals surface area contributed by atoms with Crippen molar-refractivity contribution in [2.75, 3.05) is 26.4 Å². The Hall–Kier alpha value is -1.96. The van der Waals surface area contributed by atoms with Crippen LogP contribution in [0.1, 0.15) is 168 Å². The van der Waals surface area contributed by atoms with E-state index in [1.54, 1.807) is 0 Å². The lowest BCUT2D eigenvalue weighted by Crippen LogP contribution is -2.30. The van der Waals surface area contributed by atoms with Gasteiger partial charge < -0.3 is 34.0 Å². The number of aliphatic hydroxyl groups is 1. The van der Waals surface area contributed by atoms with Crippen molar-refractivity contribution < 1.29 is 66.3 Å². The second-order valence-electron chi connectivity index (χ2n) is 15.4. The second-order valence-corrected chi connectivity index (χ2v) is 18.0. The van der Waals surface area contributed by atoms with Crippen LogP contribution in [0.4, 0.5) is 0 Å². The molecular formula is C44H78O14P2. The third kappa shape index (κ3) is 36.7. The van der Waals surface area contributed by atoms with Crippen LogP contribution in [0.3, 0.4) is 0 Å². The molecule has 5 atom stereocenters. The highest BCUT2D eigenvalue weighted by Crippen LogP contribution is 2.44. The summed E-state index contributed by atoms with van der Waals surface area (Å²) < 4.78 is 53.6. The van der Waals surface area contributed by atoms with E-state index in [0.29, 0.717) is 19.3 Å². The summed E-state index contributed by atoms with van der Waals surface area (Å²) >= 11 is 0. The molecule has 0 spiro atoms. The van der Waals surface area contributed by atoms with Crippen LogP contribution < -0.4 is 0 Å². The highest BCUT2D eigenvalue weighted by molar-refractivity contribution is 7.47. The van der Waals surface area contributed by atoms with Gasteiger partial charge in [-0.2, -0.15) is 0 Å². The van der Waals surface area contributed by atoms with Gasteiger partial charge >= 0.3 is 27.6 Å². The Morgan fingerprint density at radius 2 is 1.08 bits per heavy atom. The minimum atomic E-state index is -4.87. The highest BCUT2D eigenvalue weighted by atomic mass is 31.2. The molecule has 16 heteroatoms. The summed E-state index contributed by atoms with van der Waals surface area (Å²) in [6, 6.07) is 0. The molecule has 0 aromatic heterocycles. The normalized spacial score (nSPS) is 17.8. The summed E-state index contributed by atoms with van der Waals surface area (Å²) in [6.07, 6.45) is 38.3. The Balaban J connectivity index is 2.41. The fraction of sp³-hybridized carbons (Fsp3) is 0.773. The van der Waals surface area contributed by atoms with Gasteiger partial charge in [0.25, 0.3) is 0 Å². The van der Waals surface area contributed by atoms with Gasteiger partial charge in [-0.1, -0.05) is 127 Å². The van der Waals surface area contributed by atoms with Crippen LogP contribution in [0.2, 0.25) is 0 Å². The molecule has 1 fully saturated rings. The number of unbranched alkanes of at least 4 members (excludes halogenated alkanes) is 14. The van der Waals surface area contributed by atoms with Crippen molar-refractivity contribution in [3.8, 4) is 0 Å². The lowest BCUT2D eigenvalue weighted by Gasteiger charge is -2.20. The predicted octanol–water partition coefficient (Wildman–Crippen LogP) is 10.4. The maximum absolute atomic E-state index is 12.7. The van der Waals surface area contributed by atoms with Crippen LogP contribution in [-0.2, 0) is 46.5 Å². The Morgan fingerprint density at radius 3 is 1.73 bits per heavy atom. The van der Waals surface area contributed by atoms with E-state index in [1.807, 2.05) is 0 Å². The maximum Gasteiger partial charge on any atom is 0.472 e. The van der Waals surface area contributed by atoms with Gasteiger partial charge in [0, 0.05) is 12.8 Å². The highest BCUT2D eigenvalue weighted by Gasteiger charge is 2.37. The number of carbonyl (C=O) groups excluding carboxylic acids is 2. The monoisotopic (exact) mass is 892 g/mol. The molecule has 348 valence electrons. The van der Waals surface area contributed by atoms with Crippen LogP contribution in [-0.4, -0.2) is 82.6 Å². The fourth-order valence-corrected chi connectivity index (χ4v) is 7.23. The number of rotatable bonds is 41. The number of epoxide rings is 1. The molecule has 3 unspecified atom stereocenters. The lowest BCUT2D eigenvalue weighted by atomic mass is 10.1. The van der Waals surface area contributed by atoms with E-state index in [2.05, 4.69) is 71.5 Å². The Bertz CT molecular complexity index is 1310. The molecule has 0 bridgehead atoms. The number of hydrogen-bond acceptors (Lipinski definition) is 11. The zero-order valence-electron chi connectivity index (χ0n) is 36.5. The maximum atomic E-state index is 12.7. The van der Waals surface area contributed by atoms with Gasteiger partial charge in [-0.25, -0.2) is 9.13 Å². The first-order valence-electron chi connectivity index (χ1n) is 22.5. The minimum Gasteiger partial charge on any atom is -0.462 e. The number of ether oxygens (including phenoxy) is 3. The molecule has 0 saturated carbocycles. The quantitative estimate of drug-likeness (QED) is 0.0148. The summed E-state index contributed by atoms with van der Waals surface area (Å²) in [4.78, 5) is 52.8. The standard InChI is InChI=1S/C44H78O14P2/c1-3-5-7-9-11-13-15-17-18-19-21-23-25-27-29-33-43(46)53-37-40(38-56-60(51,52)55-36-39(45)35-54-59(48,49)50)57-44(47)34-30-32-42-41(58-42)31-28-26-24-22-20-16-14-12-10-8-6-4-2/h12-15,20,22,26,28,39-42,45H,3-11,16-19,21,23-25,27,29-38H2,1-2H3,(H,51,52)(H2,48,49,50)/b14-12-,15-13-,22-20-,28-26-/t39-,40+,41?,42?/m0/s1. The van der Waals surface area contributed by atoms with Gasteiger partial charge in [0.05, 0.1) is 32.0 Å². The number of phosphoric ester groups is 2. The summed E-state index contributed by atoms with van der Waals surface area (Å²) in [5.41, 5.74) is 0. The molecule has 0 radical (unpaired) electrons. The number of aliphatic hydroxyl groups excluding tert-OH is 1. The summed E-state index contributed by atoms with van der Waals surface area (Å²) in [7, 11) is -9.71. The molecule has 14 nitrogen and oxygen atoms in total. The van der Waals surface area contributed by atoms with Gasteiger partial charge in [0.15, 0.2) is 6.10 Å². The third-order valence-corrected chi connectivity index (χ3v) is 11.0. The molecule has 1 rings (SSSR count). The van der Waals surface area contributed by atoms with Crippen LogP contribution >= 0.6 is 15.6 Å². The molecule has 60 heavy (non-hydrogen) atoms. The van der Waals surface area contributed by atoms with Gasteiger partial charge in [-0.05, 0) is 77.0 Å². The van der Waals surface area contributed by atoms with Crippen molar-refractivity contribution in [2.24, 2.45) is 0 Å². The molecular weight excluding hydrogens is 814 g/mol. The van der Waals surface area contributed by atoms with Crippen molar-refractivity contribution in [3.05, 3.63) is 48.6 Å². The molecule has 1 aliphatic rings. The molecule has 1 heterocycles. The molecule has 1 aliphatic heterocycles. The van der Waals surface area contributed by atoms with Crippen LogP contribution in [0.5, 0.6) is 0 Å². The Labute approximate surface area is 360 Å². The molecule has 1 saturated heterocycles. The molecule has 0 aromatic rings. The van der Waals surface area contributed by atoms with E-state index in [1.165, 1.54) is 64.2 Å². The van der Waals surface area contributed by atoms with E-state index in [0.717, 1.165) is 57.8 Å². The first kappa shape index (κ1) is 56.1. The van der Waals surface area contributed by atoms with Gasteiger partial charge in [-0.15, -0.1) is 0 Å². The Morgan fingerprint density at radius 1 is 0.583 bits per heavy atom. The van der Waals surface area contributed by atoms with Gasteiger partial charge in [0.1, 0.15) is 12.7 Å². The first-order chi connectivity index (χ1) is 28.8. The molecule has 0 aromatic carbocycles. The van der Waals surface area contributed by atoms with E-state index in [4.69, 9.17) is 28.5 Å². The van der Waals surface area contributed by atoms with Crippen LogP contribution in [0, 0.1) is 0 Å². The zero-order valence-corrected chi connectivity index (χ0v) is 38.3.